The molecule has 52 valence electrons. The van der Waals surface area contributed by atoms with Gasteiger partial charge in [-0.15, -0.1) is 17.3 Å². The van der Waals surface area contributed by atoms with Gasteiger partial charge in [-0.05, 0) is 18.4 Å². The van der Waals surface area contributed by atoms with Gasteiger partial charge in [-0.1, -0.05) is 12.0 Å². The molecule has 0 fully saturated rings. The van der Waals surface area contributed by atoms with E-state index in [1.807, 2.05) is 17.5 Å². The summed E-state index contributed by atoms with van der Waals surface area (Å²) < 4.78 is 0. The second-order valence-electron chi connectivity index (χ2n) is 1.89. The van der Waals surface area contributed by atoms with E-state index in [2.05, 4.69) is 11.8 Å². The maximum Gasteiger partial charge on any atom is 0.101 e. The monoisotopic (exact) mass is 151 g/mol. The fourth-order valence-corrected chi connectivity index (χ4v) is 1.37. The van der Waals surface area contributed by atoms with Crippen molar-refractivity contribution in [1.82, 2.24) is 0 Å². The Bertz CT molecular complexity index is 240. The minimum absolute atomic E-state index is 0.0926. The molecule has 10 heavy (non-hydrogen) atoms. The van der Waals surface area contributed by atoms with E-state index in [9.17, 15) is 0 Å². The van der Waals surface area contributed by atoms with Crippen molar-refractivity contribution >= 4 is 11.3 Å². The Kier molecular flexibility index (Phi) is 2.49. The first-order valence-electron chi connectivity index (χ1n) is 3.06. The minimum Gasteiger partial charge on any atom is -0.313 e. The van der Waals surface area contributed by atoms with Gasteiger partial charge in [-0.3, -0.25) is 0 Å². The van der Waals surface area contributed by atoms with E-state index in [0.717, 1.165) is 4.88 Å². The quantitative estimate of drug-likeness (QED) is 0.608. The molecular weight excluding hydrogens is 142 g/mol. The van der Waals surface area contributed by atoms with Crippen LogP contribution in [0.2, 0.25) is 0 Å². The Balaban J connectivity index is 2.74. The SMILES string of the molecule is CC#C[C@H](N)c1cccs1. The van der Waals surface area contributed by atoms with Crippen LogP contribution in [-0.2, 0) is 0 Å². The molecule has 1 aromatic rings. The van der Waals surface area contributed by atoms with Gasteiger partial charge in [0, 0.05) is 4.88 Å². The van der Waals surface area contributed by atoms with Gasteiger partial charge < -0.3 is 5.73 Å². The topological polar surface area (TPSA) is 26.0 Å². The second kappa shape index (κ2) is 3.40. The fourth-order valence-electron chi connectivity index (χ4n) is 0.695. The molecule has 0 bridgehead atoms. The summed E-state index contributed by atoms with van der Waals surface area (Å²) in [5, 5.41) is 2.01. The molecule has 0 aromatic carbocycles. The normalized spacial score (nSPS) is 11.8. The molecule has 1 rings (SSSR count). The lowest BCUT2D eigenvalue weighted by Crippen LogP contribution is -2.04. The summed E-state index contributed by atoms with van der Waals surface area (Å²) in [7, 11) is 0. The van der Waals surface area contributed by atoms with Crippen molar-refractivity contribution in [2.24, 2.45) is 5.73 Å². The zero-order chi connectivity index (χ0) is 7.40. The molecule has 1 heterocycles. The van der Waals surface area contributed by atoms with Crippen LogP contribution in [-0.4, -0.2) is 0 Å². The average molecular weight is 151 g/mol. The van der Waals surface area contributed by atoms with Crippen molar-refractivity contribution in [3.63, 3.8) is 0 Å². The van der Waals surface area contributed by atoms with Gasteiger partial charge >= 0.3 is 0 Å². The van der Waals surface area contributed by atoms with Crippen LogP contribution in [0.3, 0.4) is 0 Å². The molecule has 2 heteroatoms. The zero-order valence-electron chi connectivity index (χ0n) is 5.79. The van der Waals surface area contributed by atoms with E-state index in [1.54, 1.807) is 18.3 Å². The van der Waals surface area contributed by atoms with Gasteiger partial charge in [-0.2, -0.15) is 0 Å². The summed E-state index contributed by atoms with van der Waals surface area (Å²) >= 11 is 1.64. The van der Waals surface area contributed by atoms with Crippen molar-refractivity contribution < 1.29 is 0 Å². The van der Waals surface area contributed by atoms with Crippen molar-refractivity contribution in [3.8, 4) is 11.8 Å². The third-order valence-corrected chi connectivity index (χ3v) is 2.10. The van der Waals surface area contributed by atoms with Crippen LogP contribution in [0.25, 0.3) is 0 Å². The van der Waals surface area contributed by atoms with Gasteiger partial charge in [0.05, 0.1) is 0 Å². The van der Waals surface area contributed by atoms with Gasteiger partial charge in [0.1, 0.15) is 6.04 Å². The first-order valence-corrected chi connectivity index (χ1v) is 3.94. The standard InChI is InChI=1S/C8H9NS/c1-2-4-7(9)8-5-3-6-10-8/h3,5-7H,9H2,1H3/t7-/m0/s1. The highest BCUT2D eigenvalue weighted by atomic mass is 32.1. The molecule has 1 nitrogen and oxygen atoms in total. The highest BCUT2D eigenvalue weighted by molar-refractivity contribution is 7.10. The van der Waals surface area contributed by atoms with Crippen molar-refractivity contribution in [3.05, 3.63) is 22.4 Å². The Morgan fingerprint density at radius 1 is 1.70 bits per heavy atom. The number of rotatable bonds is 1. The Morgan fingerprint density at radius 3 is 3.00 bits per heavy atom. The number of thiophene rings is 1. The Morgan fingerprint density at radius 2 is 2.50 bits per heavy atom. The van der Waals surface area contributed by atoms with Crippen LogP contribution in [0.5, 0.6) is 0 Å². The first-order chi connectivity index (χ1) is 4.84. The van der Waals surface area contributed by atoms with E-state index >= 15 is 0 Å². The molecule has 0 unspecified atom stereocenters. The zero-order valence-corrected chi connectivity index (χ0v) is 6.61. The summed E-state index contributed by atoms with van der Waals surface area (Å²) in [5.41, 5.74) is 5.69. The molecule has 0 radical (unpaired) electrons. The summed E-state index contributed by atoms with van der Waals surface area (Å²) in [6, 6.07) is 3.89. The van der Waals surface area contributed by atoms with E-state index in [-0.39, 0.29) is 6.04 Å². The van der Waals surface area contributed by atoms with E-state index in [4.69, 9.17) is 5.73 Å². The Hall–Kier alpha value is -0.780. The molecule has 0 aliphatic heterocycles. The summed E-state index contributed by atoms with van der Waals surface area (Å²) in [6.45, 7) is 1.80. The smallest absolute Gasteiger partial charge is 0.101 e. The minimum atomic E-state index is -0.0926. The highest BCUT2D eigenvalue weighted by Crippen LogP contribution is 2.15. The lowest BCUT2D eigenvalue weighted by Gasteiger charge is -1.96. The molecular formula is C8H9NS. The van der Waals surface area contributed by atoms with Gasteiger partial charge in [-0.25, -0.2) is 0 Å². The number of hydrogen-bond donors (Lipinski definition) is 1. The highest BCUT2D eigenvalue weighted by Gasteiger charge is 2.00. The van der Waals surface area contributed by atoms with Crippen molar-refractivity contribution in [2.75, 3.05) is 0 Å². The molecule has 0 aliphatic carbocycles. The fraction of sp³-hybridized carbons (Fsp3) is 0.250. The first kappa shape index (κ1) is 7.33. The maximum absolute atomic E-state index is 5.69. The second-order valence-corrected chi connectivity index (χ2v) is 2.87. The summed E-state index contributed by atoms with van der Waals surface area (Å²) in [6.07, 6.45) is 0. The molecule has 0 amide bonds. The van der Waals surface area contributed by atoms with E-state index in [0.29, 0.717) is 0 Å². The largest absolute Gasteiger partial charge is 0.313 e. The van der Waals surface area contributed by atoms with Gasteiger partial charge in [0.15, 0.2) is 0 Å². The maximum atomic E-state index is 5.69. The molecule has 0 spiro atoms. The van der Waals surface area contributed by atoms with Crippen LogP contribution < -0.4 is 5.73 Å². The molecule has 2 N–H and O–H groups in total. The van der Waals surface area contributed by atoms with Crippen LogP contribution in [0.15, 0.2) is 17.5 Å². The predicted molar refractivity (Wildman–Crippen MR) is 44.7 cm³/mol. The van der Waals surface area contributed by atoms with Crippen LogP contribution >= 0.6 is 11.3 Å². The third kappa shape index (κ3) is 1.60. The third-order valence-electron chi connectivity index (χ3n) is 1.15. The lowest BCUT2D eigenvalue weighted by molar-refractivity contribution is 0.972. The lowest BCUT2D eigenvalue weighted by atomic mass is 10.3. The summed E-state index contributed by atoms with van der Waals surface area (Å²) in [4.78, 5) is 1.13. The molecule has 0 saturated heterocycles. The predicted octanol–water partition coefficient (Wildman–Crippen LogP) is 1.77. The molecule has 0 saturated carbocycles. The summed E-state index contributed by atoms with van der Waals surface area (Å²) in [5.74, 6) is 5.67. The molecule has 1 atom stereocenters. The van der Waals surface area contributed by atoms with Crippen LogP contribution in [0.4, 0.5) is 0 Å². The number of nitrogens with two attached hydrogens (primary N) is 1. The van der Waals surface area contributed by atoms with E-state index in [1.165, 1.54) is 0 Å². The van der Waals surface area contributed by atoms with E-state index < -0.39 is 0 Å². The Labute approximate surface area is 64.9 Å². The van der Waals surface area contributed by atoms with Crippen LogP contribution in [0.1, 0.15) is 17.8 Å². The van der Waals surface area contributed by atoms with Gasteiger partial charge in [0.25, 0.3) is 0 Å². The average Bonchev–Trinajstić information content (AvgIpc) is 2.38. The van der Waals surface area contributed by atoms with Crippen molar-refractivity contribution in [2.45, 2.75) is 13.0 Å². The molecule has 0 aliphatic rings. The van der Waals surface area contributed by atoms with Crippen molar-refractivity contribution in [1.29, 1.82) is 0 Å². The number of hydrogen-bond acceptors (Lipinski definition) is 2. The molecule has 1 aromatic heterocycles. The van der Waals surface area contributed by atoms with Crippen LogP contribution in [0, 0.1) is 11.8 Å². The van der Waals surface area contributed by atoms with Gasteiger partial charge in [0.2, 0.25) is 0 Å².